The number of nitrogens with zero attached hydrogens (tertiary/aromatic N) is 1. The Kier molecular flexibility index (Phi) is 9.46. The number of unbranched alkanes of at least 4 members (excludes halogenated alkanes) is 3. The predicted octanol–water partition coefficient (Wildman–Crippen LogP) is 3.84. The Morgan fingerprint density at radius 2 is 2.03 bits per heavy atom. The second-order valence-electron chi connectivity index (χ2n) is 8.04. The second-order valence-corrected chi connectivity index (χ2v) is 8.04. The molecule has 2 aliphatic heterocycles. The molecule has 0 saturated carbocycles. The minimum atomic E-state index is 0.0374. The van der Waals surface area contributed by atoms with Crippen molar-refractivity contribution in [1.29, 1.82) is 0 Å². The van der Waals surface area contributed by atoms with Crippen LogP contribution >= 0.6 is 0 Å². The molecule has 0 radical (unpaired) electrons. The zero-order valence-corrected chi connectivity index (χ0v) is 17.3. The summed E-state index contributed by atoms with van der Waals surface area (Å²) in [5, 5.41) is 7.10. The van der Waals surface area contributed by atoms with Gasteiger partial charge < -0.3 is 19.6 Å². The number of oxime groups is 1. The molecule has 1 amide bonds. The topological polar surface area (TPSA) is 69.2 Å². The summed E-state index contributed by atoms with van der Waals surface area (Å²) in [5.41, 5.74) is 2.09. The average Bonchev–Trinajstić information content (AvgIpc) is 3.41. The summed E-state index contributed by atoms with van der Waals surface area (Å²) in [4.78, 5) is 17.5. The highest BCUT2D eigenvalue weighted by molar-refractivity contribution is 6.01. The highest BCUT2D eigenvalue weighted by atomic mass is 16.6. The first-order chi connectivity index (χ1) is 14.3. The molecule has 6 nitrogen and oxygen atoms in total. The van der Waals surface area contributed by atoms with E-state index in [1.54, 1.807) is 0 Å². The number of amides is 1. The fraction of sp³-hybridized carbons (Fsp3) is 0.652. The van der Waals surface area contributed by atoms with Crippen molar-refractivity contribution in [3.8, 4) is 0 Å². The van der Waals surface area contributed by atoms with Gasteiger partial charge in [-0.25, -0.2) is 0 Å². The Morgan fingerprint density at radius 1 is 1.17 bits per heavy atom. The number of hydrogen-bond donors (Lipinski definition) is 1. The third kappa shape index (κ3) is 8.54. The van der Waals surface area contributed by atoms with E-state index >= 15 is 0 Å². The lowest BCUT2D eigenvalue weighted by atomic mass is 10.0. The fourth-order valence-electron chi connectivity index (χ4n) is 3.69. The van der Waals surface area contributed by atoms with Crippen molar-refractivity contribution in [3.63, 3.8) is 0 Å². The van der Waals surface area contributed by atoms with Crippen molar-refractivity contribution in [2.45, 2.75) is 64.1 Å². The molecule has 2 unspecified atom stereocenters. The second kappa shape index (κ2) is 12.6. The number of rotatable bonds is 13. The maximum absolute atomic E-state index is 12.0. The summed E-state index contributed by atoms with van der Waals surface area (Å²) in [7, 11) is 0. The quantitative estimate of drug-likeness (QED) is 0.509. The Bertz CT molecular complexity index is 629. The molecule has 6 heteroatoms. The van der Waals surface area contributed by atoms with Crippen LogP contribution in [0, 0.1) is 5.92 Å². The SMILES string of the molecule is O=C(CC1=NOC(CCCCCCOCc2ccccc2)C1)NCC1CCOC1. The molecule has 1 aromatic carbocycles. The molecule has 3 rings (SSSR count). The Hall–Kier alpha value is -1.92. The van der Waals surface area contributed by atoms with Gasteiger partial charge in [0.2, 0.25) is 5.91 Å². The van der Waals surface area contributed by atoms with Crippen LogP contribution in [0.3, 0.4) is 0 Å². The molecular formula is C23H34N2O4. The summed E-state index contributed by atoms with van der Waals surface area (Å²) in [6, 6.07) is 10.3. The van der Waals surface area contributed by atoms with Gasteiger partial charge in [-0.2, -0.15) is 0 Å². The van der Waals surface area contributed by atoms with Gasteiger partial charge >= 0.3 is 0 Å². The highest BCUT2D eigenvalue weighted by Gasteiger charge is 2.23. The number of ether oxygens (including phenoxy) is 2. The standard InChI is InChI=1S/C23H34N2O4/c26-23(24-16-20-11-13-28-18-20)15-21-14-22(29-25-21)10-6-1-2-7-12-27-17-19-8-4-3-5-9-19/h3-5,8-9,20,22H,1-2,6-7,10-18H2,(H,24,26). The maximum Gasteiger partial charge on any atom is 0.225 e. The lowest BCUT2D eigenvalue weighted by molar-refractivity contribution is -0.120. The molecule has 0 spiro atoms. The van der Waals surface area contributed by atoms with Gasteiger partial charge in [0.05, 0.1) is 25.3 Å². The van der Waals surface area contributed by atoms with Crippen LogP contribution in [0.25, 0.3) is 0 Å². The van der Waals surface area contributed by atoms with Crippen LogP contribution < -0.4 is 5.32 Å². The Morgan fingerprint density at radius 3 is 2.86 bits per heavy atom. The van der Waals surface area contributed by atoms with Crippen LogP contribution in [0.5, 0.6) is 0 Å². The van der Waals surface area contributed by atoms with Crippen LogP contribution in [0.15, 0.2) is 35.5 Å². The molecule has 1 fully saturated rings. The molecule has 29 heavy (non-hydrogen) atoms. The predicted molar refractivity (Wildman–Crippen MR) is 113 cm³/mol. The van der Waals surface area contributed by atoms with Crippen LogP contribution in [-0.2, 0) is 25.7 Å². The number of nitrogens with one attached hydrogen (secondary N) is 1. The molecule has 0 aromatic heterocycles. The Balaban J connectivity index is 1.14. The average molecular weight is 403 g/mol. The largest absolute Gasteiger partial charge is 0.392 e. The molecule has 0 aliphatic carbocycles. The third-order valence-corrected chi connectivity index (χ3v) is 5.45. The number of benzene rings is 1. The van der Waals surface area contributed by atoms with E-state index in [2.05, 4.69) is 22.6 Å². The zero-order chi connectivity index (χ0) is 20.2. The van der Waals surface area contributed by atoms with E-state index in [4.69, 9.17) is 14.3 Å². The van der Waals surface area contributed by atoms with E-state index in [9.17, 15) is 4.79 Å². The van der Waals surface area contributed by atoms with Crippen molar-refractivity contribution in [1.82, 2.24) is 5.32 Å². The van der Waals surface area contributed by atoms with Crippen LogP contribution in [0.4, 0.5) is 0 Å². The normalized spacial score (nSPS) is 21.0. The van der Waals surface area contributed by atoms with Crippen molar-refractivity contribution in [2.24, 2.45) is 11.1 Å². The minimum absolute atomic E-state index is 0.0374. The summed E-state index contributed by atoms with van der Waals surface area (Å²) in [6.45, 7) is 3.77. The van der Waals surface area contributed by atoms with Gasteiger partial charge in [0, 0.05) is 32.1 Å². The maximum atomic E-state index is 12.0. The van der Waals surface area contributed by atoms with Crippen LogP contribution in [0.2, 0.25) is 0 Å². The van der Waals surface area contributed by atoms with Gasteiger partial charge in [0.1, 0.15) is 6.10 Å². The zero-order valence-electron chi connectivity index (χ0n) is 17.3. The molecule has 1 N–H and O–H groups in total. The van der Waals surface area contributed by atoms with Crippen molar-refractivity contribution in [2.75, 3.05) is 26.4 Å². The van der Waals surface area contributed by atoms with E-state index in [0.717, 1.165) is 57.6 Å². The number of carbonyl (C=O) groups is 1. The van der Waals surface area contributed by atoms with Gasteiger partial charge in [-0.3, -0.25) is 4.79 Å². The first-order valence-electron chi connectivity index (χ1n) is 11.0. The van der Waals surface area contributed by atoms with Gasteiger partial charge in [0.25, 0.3) is 0 Å². The van der Waals surface area contributed by atoms with Gasteiger partial charge in [-0.1, -0.05) is 48.3 Å². The lowest BCUT2D eigenvalue weighted by Gasteiger charge is -2.09. The summed E-state index contributed by atoms with van der Waals surface area (Å²) < 4.78 is 11.0. The Labute approximate surface area is 174 Å². The highest BCUT2D eigenvalue weighted by Crippen LogP contribution is 2.19. The van der Waals surface area contributed by atoms with Crippen molar-refractivity contribution < 1.29 is 19.1 Å². The van der Waals surface area contributed by atoms with Gasteiger partial charge in [-0.15, -0.1) is 0 Å². The first kappa shape index (κ1) is 21.8. The van der Waals surface area contributed by atoms with Crippen molar-refractivity contribution >= 4 is 11.6 Å². The van der Waals surface area contributed by atoms with Crippen molar-refractivity contribution in [3.05, 3.63) is 35.9 Å². The minimum Gasteiger partial charge on any atom is -0.392 e. The van der Waals surface area contributed by atoms with E-state index in [-0.39, 0.29) is 12.0 Å². The van der Waals surface area contributed by atoms with Gasteiger partial charge in [-0.05, 0) is 31.2 Å². The molecule has 160 valence electrons. The van der Waals surface area contributed by atoms with Gasteiger partial charge in [0.15, 0.2) is 0 Å². The lowest BCUT2D eigenvalue weighted by Crippen LogP contribution is -2.30. The fourth-order valence-corrected chi connectivity index (χ4v) is 3.69. The van der Waals surface area contributed by atoms with Crippen LogP contribution in [0.1, 0.15) is 56.9 Å². The monoisotopic (exact) mass is 402 g/mol. The van der Waals surface area contributed by atoms with Crippen LogP contribution in [-0.4, -0.2) is 44.1 Å². The summed E-state index contributed by atoms with van der Waals surface area (Å²) in [6.07, 6.45) is 7.85. The molecular weight excluding hydrogens is 368 g/mol. The smallest absolute Gasteiger partial charge is 0.225 e. The number of carbonyl (C=O) groups excluding carboxylic acids is 1. The van der Waals surface area contributed by atoms with E-state index in [1.807, 2.05) is 18.2 Å². The third-order valence-electron chi connectivity index (χ3n) is 5.45. The summed E-state index contributed by atoms with van der Waals surface area (Å²) >= 11 is 0. The molecule has 2 atom stereocenters. The van der Waals surface area contributed by atoms with E-state index in [0.29, 0.717) is 25.5 Å². The molecule has 1 aromatic rings. The molecule has 0 bridgehead atoms. The first-order valence-corrected chi connectivity index (χ1v) is 11.0. The summed E-state index contributed by atoms with van der Waals surface area (Å²) in [5.74, 6) is 0.493. The molecule has 1 saturated heterocycles. The number of hydrogen-bond acceptors (Lipinski definition) is 5. The molecule has 2 heterocycles. The molecule has 2 aliphatic rings. The van der Waals surface area contributed by atoms with E-state index in [1.165, 1.54) is 18.4 Å². The van der Waals surface area contributed by atoms with E-state index < -0.39 is 0 Å².